The van der Waals surface area contributed by atoms with Gasteiger partial charge in [0.25, 0.3) is 0 Å². The van der Waals surface area contributed by atoms with Crippen molar-refractivity contribution in [3.05, 3.63) is 69.5 Å². The molecular weight excluding hydrogens is 407 g/mol. The van der Waals surface area contributed by atoms with E-state index in [-0.39, 0.29) is 0 Å². The fourth-order valence-corrected chi connectivity index (χ4v) is 4.58. The van der Waals surface area contributed by atoms with Crippen molar-refractivity contribution in [1.82, 2.24) is 20.3 Å². The van der Waals surface area contributed by atoms with Crippen molar-refractivity contribution in [2.45, 2.75) is 44.2 Å². The molecule has 1 aliphatic heterocycles. The summed E-state index contributed by atoms with van der Waals surface area (Å²) in [5.41, 5.74) is 2.71. The monoisotopic (exact) mass is 432 g/mol. The third-order valence-corrected chi connectivity index (χ3v) is 6.24. The lowest BCUT2D eigenvalue weighted by Crippen LogP contribution is -2.41. The molecular formula is C22H26Cl2N4O. The molecule has 154 valence electrons. The number of allylic oxidation sites excluding steroid dienone is 4. The van der Waals surface area contributed by atoms with Crippen LogP contribution in [0.3, 0.4) is 0 Å². The summed E-state index contributed by atoms with van der Waals surface area (Å²) in [6.45, 7) is 5.40. The fourth-order valence-electron chi connectivity index (χ4n) is 4.00. The first-order chi connectivity index (χ1) is 14.1. The Morgan fingerprint density at radius 2 is 2.24 bits per heavy atom. The van der Waals surface area contributed by atoms with Crippen LogP contribution in [-0.4, -0.2) is 40.8 Å². The predicted molar refractivity (Wildman–Crippen MR) is 117 cm³/mol. The van der Waals surface area contributed by atoms with Gasteiger partial charge in [-0.15, -0.1) is 0 Å². The van der Waals surface area contributed by atoms with Crippen LogP contribution < -0.4 is 5.32 Å². The molecule has 2 aliphatic rings. The van der Waals surface area contributed by atoms with Gasteiger partial charge in [0.1, 0.15) is 0 Å². The highest BCUT2D eigenvalue weighted by Crippen LogP contribution is 2.43. The number of ether oxygens (including phenoxy) is 1. The van der Waals surface area contributed by atoms with Crippen LogP contribution in [0.1, 0.15) is 37.4 Å². The first-order valence-corrected chi connectivity index (χ1v) is 10.9. The first kappa shape index (κ1) is 20.6. The Labute approximate surface area is 181 Å². The molecule has 7 heteroatoms. The minimum atomic E-state index is -0.432. The van der Waals surface area contributed by atoms with E-state index in [1.165, 1.54) is 5.57 Å². The lowest BCUT2D eigenvalue weighted by atomic mass is 9.72. The Kier molecular flexibility index (Phi) is 6.40. The first-order valence-electron chi connectivity index (χ1n) is 10.1. The Hall–Kier alpha value is -1.66. The van der Waals surface area contributed by atoms with Gasteiger partial charge < -0.3 is 10.1 Å². The number of aryl methyl sites for hydroxylation is 1. The van der Waals surface area contributed by atoms with E-state index in [4.69, 9.17) is 33.0 Å². The summed E-state index contributed by atoms with van der Waals surface area (Å²) >= 11 is 12.7. The SMILES string of the molecule is CC1=CCC(c2cnn(CCCC3COCCN3)n2)(c2ccc(Cl)cc2Cl)C=C1. The maximum atomic E-state index is 6.60. The second kappa shape index (κ2) is 9.00. The van der Waals surface area contributed by atoms with Crippen molar-refractivity contribution in [1.29, 1.82) is 0 Å². The van der Waals surface area contributed by atoms with Crippen LogP contribution in [0, 0.1) is 0 Å². The highest BCUT2D eigenvalue weighted by Gasteiger charge is 2.37. The molecule has 2 heterocycles. The molecule has 0 radical (unpaired) electrons. The highest BCUT2D eigenvalue weighted by atomic mass is 35.5. The number of nitrogens with one attached hydrogen (secondary N) is 1. The second-order valence-electron chi connectivity index (χ2n) is 7.78. The van der Waals surface area contributed by atoms with Gasteiger partial charge in [-0.2, -0.15) is 15.0 Å². The lowest BCUT2D eigenvalue weighted by Gasteiger charge is -2.31. The molecule has 5 nitrogen and oxygen atoms in total. The average Bonchev–Trinajstić information content (AvgIpc) is 3.19. The van der Waals surface area contributed by atoms with Crippen LogP contribution in [0.15, 0.2) is 48.2 Å². The number of halogens is 2. The molecule has 1 saturated heterocycles. The zero-order chi connectivity index (χ0) is 20.3. The lowest BCUT2D eigenvalue weighted by molar-refractivity contribution is 0.0730. The molecule has 1 aromatic heterocycles. The van der Waals surface area contributed by atoms with Gasteiger partial charge in [0, 0.05) is 22.6 Å². The van der Waals surface area contributed by atoms with E-state index in [0.717, 1.165) is 56.8 Å². The molecule has 4 rings (SSSR count). The van der Waals surface area contributed by atoms with Crippen molar-refractivity contribution in [3.63, 3.8) is 0 Å². The van der Waals surface area contributed by atoms with Crippen LogP contribution >= 0.6 is 23.2 Å². The molecule has 2 aromatic rings. The van der Waals surface area contributed by atoms with Crippen molar-refractivity contribution >= 4 is 23.2 Å². The summed E-state index contributed by atoms with van der Waals surface area (Å²) in [7, 11) is 0. The van der Waals surface area contributed by atoms with Crippen molar-refractivity contribution in [3.8, 4) is 0 Å². The number of rotatable bonds is 6. The molecule has 29 heavy (non-hydrogen) atoms. The Balaban J connectivity index is 1.54. The molecule has 0 bridgehead atoms. The Morgan fingerprint density at radius 3 is 2.97 bits per heavy atom. The normalized spacial score (nSPS) is 24.5. The number of benzene rings is 1. The maximum absolute atomic E-state index is 6.60. The Bertz CT molecular complexity index is 917. The fraction of sp³-hybridized carbons (Fsp3) is 0.455. The largest absolute Gasteiger partial charge is 0.379 e. The smallest absolute Gasteiger partial charge is 0.0974 e. The predicted octanol–water partition coefficient (Wildman–Crippen LogP) is 4.55. The summed E-state index contributed by atoms with van der Waals surface area (Å²) in [4.78, 5) is 1.80. The summed E-state index contributed by atoms with van der Waals surface area (Å²) in [5.74, 6) is 0. The van der Waals surface area contributed by atoms with E-state index in [1.54, 1.807) is 10.9 Å². The van der Waals surface area contributed by atoms with Gasteiger partial charge in [-0.1, -0.05) is 53.1 Å². The zero-order valence-corrected chi connectivity index (χ0v) is 18.1. The third-order valence-electron chi connectivity index (χ3n) is 5.69. The summed E-state index contributed by atoms with van der Waals surface area (Å²) in [6.07, 6.45) is 11.2. The van der Waals surface area contributed by atoms with E-state index < -0.39 is 5.41 Å². The van der Waals surface area contributed by atoms with Crippen LogP contribution in [-0.2, 0) is 16.7 Å². The van der Waals surface area contributed by atoms with Gasteiger partial charge in [-0.25, -0.2) is 0 Å². The summed E-state index contributed by atoms with van der Waals surface area (Å²) < 4.78 is 5.52. The van der Waals surface area contributed by atoms with E-state index in [1.807, 2.05) is 18.3 Å². The molecule has 0 amide bonds. The minimum absolute atomic E-state index is 0.424. The second-order valence-corrected chi connectivity index (χ2v) is 8.62. The van der Waals surface area contributed by atoms with Gasteiger partial charge in [0.2, 0.25) is 0 Å². The zero-order valence-electron chi connectivity index (χ0n) is 16.6. The Morgan fingerprint density at radius 1 is 1.34 bits per heavy atom. The molecule has 1 fully saturated rings. The molecule has 1 aromatic carbocycles. The minimum Gasteiger partial charge on any atom is -0.379 e. The van der Waals surface area contributed by atoms with Crippen molar-refractivity contribution < 1.29 is 4.74 Å². The van der Waals surface area contributed by atoms with Crippen LogP contribution in [0.5, 0.6) is 0 Å². The number of morpholine rings is 1. The van der Waals surface area contributed by atoms with Gasteiger partial charge in [0.15, 0.2) is 0 Å². The number of nitrogens with zero attached hydrogens (tertiary/aromatic N) is 3. The molecule has 0 saturated carbocycles. The van der Waals surface area contributed by atoms with Crippen LogP contribution in [0.4, 0.5) is 0 Å². The highest BCUT2D eigenvalue weighted by molar-refractivity contribution is 6.35. The van der Waals surface area contributed by atoms with Gasteiger partial charge in [0.05, 0.1) is 37.1 Å². The van der Waals surface area contributed by atoms with E-state index in [0.29, 0.717) is 16.1 Å². The van der Waals surface area contributed by atoms with Gasteiger partial charge in [-0.3, -0.25) is 0 Å². The standard InChI is InChI=1S/C22H26Cl2N4O/c1-16-6-8-22(9-7-16,19-5-4-17(23)13-20(19)24)21-14-26-28(27-21)11-2-3-18-15-29-12-10-25-18/h4-8,13-14,18,25H,2-3,9-12,15H2,1H3. The van der Waals surface area contributed by atoms with E-state index in [9.17, 15) is 0 Å². The van der Waals surface area contributed by atoms with E-state index in [2.05, 4.69) is 35.6 Å². The maximum Gasteiger partial charge on any atom is 0.0974 e. The molecule has 1 aliphatic carbocycles. The number of hydrogen-bond acceptors (Lipinski definition) is 4. The van der Waals surface area contributed by atoms with Gasteiger partial charge in [-0.05, 0) is 43.9 Å². The van der Waals surface area contributed by atoms with Crippen molar-refractivity contribution in [2.75, 3.05) is 19.8 Å². The molecule has 2 unspecified atom stereocenters. The molecule has 2 atom stereocenters. The molecule has 0 spiro atoms. The summed E-state index contributed by atoms with van der Waals surface area (Å²) in [6, 6.07) is 6.10. The quantitative estimate of drug-likeness (QED) is 0.727. The number of hydrogen-bond donors (Lipinski definition) is 1. The van der Waals surface area contributed by atoms with Gasteiger partial charge >= 0.3 is 0 Å². The van der Waals surface area contributed by atoms with E-state index >= 15 is 0 Å². The van der Waals surface area contributed by atoms with Crippen LogP contribution in [0.25, 0.3) is 0 Å². The molecule has 1 N–H and O–H groups in total. The number of aromatic nitrogens is 3. The topological polar surface area (TPSA) is 52.0 Å². The average molecular weight is 433 g/mol. The van der Waals surface area contributed by atoms with Crippen LogP contribution in [0.2, 0.25) is 10.0 Å². The third kappa shape index (κ3) is 4.58. The van der Waals surface area contributed by atoms with Crippen molar-refractivity contribution in [2.24, 2.45) is 0 Å². The summed E-state index contributed by atoms with van der Waals surface area (Å²) in [5, 5.41) is 14.1.